The van der Waals surface area contributed by atoms with Crippen LogP contribution in [0.5, 0.6) is 0 Å². The van der Waals surface area contributed by atoms with E-state index in [2.05, 4.69) is 0 Å². The smallest absolute Gasteiger partial charge is 0.253 e. The van der Waals surface area contributed by atoms with Crippen molar-refractivity contribution in [3.05, 3.63) is 114 Å². The summed E-state index contributed by atoms with van der Waals surface area (Å²) in [4.78, 5) is 14.9. The summed E-state index contributed by atoms with van der Waals surface area (Å²) in [5.74, 6) is 0.703. The number of aliphatic hydroxyl groups excluding tert-OH is 2. The minimum absolute atomic E-state index is 0.0234. The predicted molar refractivity (Wildman–Crippen MR) is 154 cm³/mol. The Bertz CT molecular complexity index is 1260. The normalized spacial score (nSPS) is 24.1. The Morgan fingerprint density at radius 1 is 0.925 bits per heavy atom. The molecule has 3 aromatic rings. The fraction of sp³-hybridized carbons (Fsp3) is 0.382. The number of nitrogens with zero attached hydrogens (tertiary/aromatic N) is 1. The van der Waals surface area contributed by atoms with E-state index in [-0.39, 0.29) is 35.9 Å². The van der Waals surface area contributed by atoms with Crippen LogP contribution in [0.1, 0.15) is 36.8 Å². The van der Waals surface area contributed by atoms with Crippen molar-refractivity contribution >= 4 is 11.6 Å². The first kappa shape index (κ1) is 28.1. The first-order chi connectivity index (χ1) is 19.5. The van der Waals surface area contributed by atoms with Crippen LogP contribution >= 0.6 is 0 Å². The Hall–Kier alpha value is -3.48. The molecule has 5 atom stereocenters. The minimum atomic E-state index is -0.539. The first-order valence-corrected chi connectivity index (χ1v) is 14.3. The molecule has 0 aliphatic heterocycles. The lowest BCUT2D eigenvalue weighted by molar-refractivity contribution is -0.123. The predicted octanol–water partition coefficient (Wildman–Crippen LogP) is 6.47. The molecule has 2 saturated carbocycles. The Labute approximate surface area is 235 Å². The molecule has 0 spiro atoms. The number of para-hydroxylation sites is 1. The number of amides is 1. The van der Waals surface area contributed by atoms with Crippen LogP contribution in [0, 0.1) is 29.5 Å². The van der Waals surface area contributed by atoms with E-state index < -0.39 is 6.10 Å². The van der Waals surface area contributed by atoms with Crippen molar-refractivity contribution in [2.45, 2.75) is 44.8 Å². The summed E-state index contributed by atoms with van der Waals surface area (Å²) in [5.41, 5.74) is 2.83. The van der Waals surface area contributed by atoms with E-state index in [1.807, 2.05) is 60.7 Å². The summed E-state index contributed by atoms with van der Waals surface area (Å²) >= 11 is 0. The van der Waals surface area contributed by atoms with Gasteiger partial charge >= 0.3 is 0 Å². The molecule has 2 aliphatic rings. The molecule has 0 saturated heterocycles. The maximum absolute atomic E-state index is 13.2. The number of hydrogen-bond donors (Lipinski definition) is 2. The van der Waals surface area contributed by atoms with Gasteiger partial charge in [-0.1, -0.05) is 60.7 Å². The number of allylic oxidation sites excluding steroid dienone is 1. The number of halogens is 1. The van der Waals surface area contributed by atoms with Gasteiger partial charge in [0.25, 0.3) is 5.91 Å². The molecular formula is C34H38FNO4. The zero-order chi connectivity index (χ0) is 27.9. The molecule has 0 aromatic heterocycles. The highest BCUT2D eigenvalue weighted by atomic mass is 19.1. The van der Waals surface area contributed by atoms with Gasteiger partial charge in [-0.05, 0) is 91.3 Å². The van der Waals surface area contributed by atoms with Crippen LogP contribution in [0.4, 0.5) is 10.1 Å². The molecule has 6 heteroatoms. The number of rotatable bonds is 11. The van der Waals surface area contributed by atoms with Crippen molar-refractivity contribution in [1.29, 1.82) is 0 Å². The molecule has 2 fully saturated rings. The molecular weight excluding hydrogens is 505 g/mol. The maximum atomic E-state index is 13.2. The third kappa shape index (κ3) is 6.98. The number of carbonyl (C=O) groups excluding carboxylic acids is 1. The van der Waals surface area contributed by atoms with Gasteiger partial charge in [0.1, 0.15) is 12.4 Å². The molecule has 3 aromatic carbocycles. The van der Waals surface area contributed by atoms with Gasteiger partial charge in [-0.25, -0.2) is 4.39 Å². The number of benzene rings is 3. The molecule has 0 unspecified atom stereocenters. The van der Waals surface area contributed by atoms with Crippen molar-refractivity contribution in [1.82, 2.24) is 0 Å². The molecule has 210 valence electrons. The van der Waals surface area contributed by atoms with Crippen LogP contribution in [0.15, 0.2) is 96.8 Å². The summed E-state index contributed by atoms with van der Waals surface area (Å²) in [7, 11) is 0. The largest absolute Gasteiger partial charge is 0.512 e. The molecule has 1 amide bonds. The van der Waals surface area contributed by atoms with Gasteiger partial charge in [-0.15, -0.1) is 0 Å². The summed E-state index contributed by atoms with van der Waals surface area (Å²) in [5, 5.41) is 21.6. The average Bonchev–Trinajstić information content (AvgIpc) is 3.50. The van der Waals surface area contributed by atoms with Crippen LogP contribution < -0.4 is 4.90 Å². The fourth-order valence-electron chi connectivity index (χ4n) is 6.55. The van der Waals surface area contributed by atoms with Crippen LogP contribution in [0.3, 0.4) is 0 Å². The average molecular weight is 544 g/mol. The van der Waals surface area contributed by atoms with Crippen molar-refractivity contribution in [2.75, 3.05) is 18.1 Å². The van der Waals surface area contributed by atoms with E-state index in [1.165, 1.54) is 12.1 Å². The van der Waals surface area contributed by atoms with Crippen molar-refractivity contribution in [3.63, 3.8) is 0 Å². The van der Waals surface area contributed by atoms with Crippen LogP contribution in [0.25, 0.3) is 0 Å². The Kier molecular flexibility index (Phi) is 9.30. The lowest BCUT2D eigenvalue weighted by atomic mass is 9.88. The summed E-state index contributed by atoms with van der Waals surface area (Å²) in [6.45, 7) is 1.01. The van der Waals surface area contributed by atoms with E-state index in [9.17, 15) is 19.4 Å². The number of fused-ring (bicyclic) bond motifs is 1. The monoisotopic (exact) mass is 543 g/mol. The van der Waals surface area contributed by atoms with Crippen molar-refractivity contribution in [2.24, 2.45) is 23.7 Å². The Morgan fingerprint density at radius 3 is 2.35 bits per heavy atom. The molecule has 2 N–H and O–H groups in total. The maximum Gasteiger partial charge on any atom is 0.253 e. The third-order valence-electron chi connectivity index (χ3n) is 8.52. The van der Waals surface area contributed by atoms with Crippen molar-refractivity contribution < 1.29 is 24.1 Å². The number of carbonyl (C=O) groups is 1. The van der Waals surface area contributed by atoms with E-state index in [0.717, 1.165) is 36.1 Å². The van der Waals surface area contributed by atoms with Gasteiger partial charge in [0.05, 0.1) is 18.4 Å². The lowest BCUT2D eigenvalue weighted by Crippen LogP contribution is -2.33. The SMILES string of the molecule is O=C(COCC[C@@H]1C[C@@H]2C[C@H](O)[C@H](C(O)=CCc3ccc(F)cc3)[C@@H]2C1)N(Cc1ccccc1)c1ccccc1. The number of ether oxygens (including phenoxy) is 1. The van der Waals surface area contributed by atoms with Crippen LogP contribution in [0.2, 0.25) is 0 Å². The lowest BCUT2D eigenvalue weighted by Gasteiger charge is -2.23. The highest BCUT2D eigenvalue weighted by Crippen LogP contribution is 2.52. The summed E-state index contributed by atoms with van der Waals surface area (Å²) in [6, 6.07) is 25.9. The molecule has 5 nitrogen and oxygen atoms in total. The third-order valence-corrected chi connectivity index (χ3v) is 8.52. The molecule has 5 rings (SSSR count). The second-order valence-corrected chi connectivity index (χ2v) is 11.2. The molecule has 0 bridgehead atoms. The topological polar surface area (TPSA) is 70.0 Å². The Balaban J connectivity index is 1.11. The number of aliphatic hydroxyl groups is 2. The van der Waals surface area contributed by atoms with Gasteiger partial charge in [0.2, 0.25) is 0 Å². The Morgan fingerprint density at radius 2 is 1.62 bits per heavy atom. The van der Waals surface area contributed by atoms with Gasteiger partial charge < -0.3 is 19.8 Å². The minimum Gasteiger partial charge on any atom is -0.512 e. The fourth-order valence-corrected chi connectivity index (χ4v) is 6.55. The van der Waals surface area contributed by atoms with E-state index in [4.69, 9.17) is 4.74 Å². The van der Waals surface area contributed by atoms with Crippen LogP contribution in [-0.4, -0.2) is 35.4 Å². The van der Waals surface area contributed by atoms with Gasteiger partial charge in [0, 0.05) is 18.2 Å². The van der Waals surface area contributed by atoms with E-state index in [1.54, 1.807) is 23.1 Å². The summed E-state index contributed by atoms with van der Waals surface area (Å²) < 4.78 is 19.1. The number of hydrogen-bond acceptors (Lipinski definition) is 4. The van der Waals surface area contributed by atoms with Gasteiger partial charge in [-0.2, -0.15) is 0 Å². The van der Waals surface area contributed by atoms with Crippen molar-refractivity contribution in [3.8, 4) is 0 Å². The molecule has 2 aliphatic carbocycles. The zero-order valence-corrected chi connectivity index (χ0v) is 22.7. The van der Waals surface area contributed by atoms with Gasteiger partial charge in [-0.3, -0.25) is 4.79 Å². The molecule has 0 heterocycles. The zero-order valence-electron chi connectivity index (χ0n) is 22.7. The second kappa shape index (κ2) is 13.2. The standard InChI is InChI=1S/C34H38FNO4/c35-28-14-11-24(12-15-28)13-16-31(37)34-30-20-26(19-27(30)21-32(34)38)17-18-40-23-33(39)36(29-9-5-2-6-10-29)22-25-7-3-1-4-8-25/h1-12,14-16,26-27,30,32,34,37-38H,13,17-23H2/t26-,27-,30-,32+,34+/m1/s1. The first-order valence-electron chi connectivity index (χ1n) is 14.3. The molecule has 0 radical (unpaired) electrons. The van der Waals surface area contributed by atoms with Gasteiger partial charge in [0.15, 0.2) is 0 Å². The highest BCUT2D eigenvalue weighted by molar-refractivity contribution is 5.94. The second-order valence-electron chi connectivity index (χ2n) is 11.2. The highest BCUT2D eigenvalue weighted by Gasteiger charge is 2.49. The number of anilines is 1. The van der Waals surface area contributed by atoms with Crippen LogP contribution in [-0.2, 0) is 22.5 Å². The van der Waals surface area contributed by atoms with E-state index in [0.29, 0.717) is 37.8 Å². The van der Waals surface area contributed by atoms with E-state index >= 15 is 0 Å². The summed E-state index contributed by atoms with van der Waals surface area (Å²) in [6.07, 6.45) is 5.22. The quantitative estimate of drug-likeness (QED) is 0.215. The molecule has 40 heavy (non-hydrogen) atoms.